The van der Waals surface area contributed by atoms with Gasteiger partial charge < -0.3 is 9.47 Å². The predicted molar refractivity (Wildman–Crippen MR) is 121 cm³/mol. The van der Waals surface area contributed by atoms with Crippen LogP contribution in [0.15, 0.2) is 72.0 Å². The minimum Gasteiger partial charge on any atom is -0.483 e. The minimum atomic E-state index is -1.04. The van der Waals surface area contributed by atoms with Crippen molar-refractivity contribution in [3.8, 4) is 0 Å². The third-order valence-corrected chi connectivity index (χ3v) is 6.24. The molecule has 8 nitrogen and oxygen atoms in total. The van der Waals surface area contributed by atoms with E-state index in [1.807, 2.05) is 24.3 Å². The van der Waals surface area contributed by atoms with Crippen LogP contribution in [-0.4, -0.2) is 28.6 Å². The molecule has 34 heavy (non-hydrogen) atoms. The molecule has 0 amide bonds. The number of benzene rings is 3. The first-order chi connectivity index (χ1) is 16.3. The maximum absolute atomic E-state index is 13.4. The van der Waals surface area contributed by atoms with Gasteiger partial charge in [-0.25, -0.2) is 4.79 Å². The maximum Gasteiger partial charge on any atom is 0.347 e. The van der Waals surface area contributed by atoms with Gasteiger partial charge in [-0.3, -0.25) is 19.7 Å². The second kappa shape index (κ2) is 8.22. The monoisotopic (exact) mass is 457 g/mol. The molecule has 170 valence electrons. The molecule has 3 aromatic rings. The highest BCUT2D eigenvalue weighted by Crippen LogP contribution is 2.40. The molecule has 2 aliphatic rings. The summed E-state index contributed by atoms with van der Waals surface area (Å²) in [4.78, 5) is 49.6. The van der Waals surface area contributed by atoms with E-state index in [-0.39, 0.29) is 41.6 Å². The topological polar surface area (TPSA) is 113 Å². The highest BCUT2D eigenvalue weighted by Gasteiger charge is 2.45. The van der Waals surface area contributed by atoms with Crippen molar-refractivity contribution >= 4 is 34.0 Å². The number of hydrogen-bond donors (Lipinski definition) is 0. The molecule has 0 saturated carbocycles. The SMILES string of the molecule is CC1=C2C(=O)c3cc4ccccc4cc3C(=O)[C@@H]2C[C@@H](C(=O)OCc2ccc([N+](=O)[O-])cc2)O1. The Morgan fingerprint density at radius 2 is 1.71 bits per heavy atom. The van der Waals surface area contributed by atoms with Crippen molar-refractivity contribution in [2.45, 2.75) is 26.1 Å². The summed E-state index contributed by atoms with van der Waals surface area (Å²) in [6, 6.07) is 16.6. The van der Waals surface area contributed by atoms with Gasteiger partial charge in [0.05, 0.1) is 10.8 Å². The van der Waals surface area contributed by atoms with Gasteiger partial charge in [-0.2, -0.15) is 0 Å². The molecule has 3 aromatic carbocycles. The Balaban J connectivity index is 1.37. The largest absolute Gasteiger partial charge is 0.483 e. The van der Waals surface area contributed by atoms with E-state index in [4.69, 9.17) is 9.47 Å². The fourth-order valence-electron chi connectivity index (χ4n) is 4.53. The van der Waals surface area contributed by atoms with Crippen LogP contribution in [-0.2, 0) is 20.9 Å². The highest BCUT2D eigenvalue weighted by molar-refractivity contribution is 6.25. The van der Waals surface area contributed by atoms with E-state index in [0.717, 1.165) is 10.8 Å². The quantitative estimate of drug-likeness (QED) is 0.321. The molecule has 5 rings (SSSR count). The summed E-state index contributed by atoms with van der Waals surface area (Å²) in [5.74, 6) is -1.69. The normalized spacial score (nSPS) is 19.3. The van der Waals surface area contributed by atoms with E-state index < -0.39 is 22.9 Å². The Morgan fingerprint density at radius 1 is 1.06 bits per heavy atom. The number of rotatable bonds is 4. The van der Waals surface area contributed by atoms with Crippen LogP contribution < -0.4 is 0 Å². The Kier molecular flexibility index (Phi) is 5.20. The molecule has 0 N–H and O–H groups in total. The summed E-state index contributed by atoms with van der Waals surface area (Å²) in [5, 5.41) is 12.5. The first-order valence-electron chi connectivity index (χ1n) is 10.7. The highest BCUT2D eigenvalue weighted by atomic mass is 16.6. The molecule has 0 fully saturated rings. The molecule has 0 radical (unpaired) electrons. The number of nitrogens with zero attached hydrogens (tertiary/aromatic N) is 1. The average Bonchev–Trinajstić information content (AvgIpc) is 2.84. The molecule has 0 bridgehead atoms. The van der Waals surface area contributed by atoms with Gasteiger partial charge >= 0.3 is 5.97 Å². The van der Waals surface area contributed by atoms with Gasteiger partial charge in [-0.1, -0.05) is 24.3 Å². The van der Waals surface area contributed by atoms with Crippen LogP contribution in [0, 0.1) is 16.0 Å². The van der Waals surface area contributed by atoms with E-state index in [9.17, 15) is 24.5 Å². The number of hydrogen-bond acceptors (Lipinski definition) is 7. The number of carbonyl (C=O) groups is 3. The van der Waals surface area contributed by atoms with Crippen LogP contribution in [0.2, 0.25) is 0 Å². The lowest BCUT2D eigenvalue weighted by atomic mass is 9.73. The summed E-state index contributed by atoms with van der Waals surface area (Å²) < 4.78 is 11.1. The number of ketones is 2. The van der Waals surface area contributed by atoms with Gasteiger partial charge in [0.2, 0.25) is 0 Å². The van der Waals surface area contributed by atoms with Crippen molar-refractivity contribution in [1.82, 2.24) is 0 Å². The second-order valence-corrected chi connectivity index (χ2v) is 8.33. The number of esters is 1. The summed E-state index contributed by atoms with van der Waals surface area (Å²) in [5.41, 5.74) is 1.49. The summed E-state index contributed by atoms with van der Waals surface area (Å²) in [6.07, 6.45) is -1.03. The Hall–Kier alpha value is -4.33. The molecule has 0 spiro atoms. The van der Waals surface area contributed by atoms with Crippen LogP contribution in [0.3, 0.4) is 0 Å². The summed E-state index contributed by atoms with van der Waals surface area (Å²) >= 11 is 0. The van der Waals surface area contributed by atoms with Crippen LogP contribution in [0.1, 0.15) is 39.6 Å². The minimum absolute atomic E-state index is 0.00259. The van der Waals surface area contributed by atoms with E-state index in [2.05, 4.69) is 0 Å². The molecule has 0 unspecified atom stereocenters. The molecule has 0 aromatic heterocycles. The molecule has 1 heterocycles. The van der Waals surface area contributed by atoms with Crippen molar-refractivity contribution in [3.05, 3.63) is 98.8 Å². The standard InChI is InChI=1S/C26H19NO7/c1-14-23-21(24(28)19-10-16-4-2-3-5-17(16)11-20(19)25(23)29)12-22(34-14)26(30)33-13-15-6-8-18(9-7-15)27(31)32/h2-11,21-22H,12-13H2,1H3/t21-,22+/m1/s1. The van der Waals surface area contributed by atoms with Crippen molar-refractivity contribution in [1.29, 1.82) is 0 Å². The van der Waals surface area contributed by atoms with Gasteiger partial charge in [0, 0.05) is 35.3 Å². The van der Waals surface area contributed by atoms with Crippen LogP contribution in [0.25, 0.3) is 10.8 Å². The van der Waals surface area contributed by atoms with Crippen LogP contribution in [0.5, 0.6) is 0 Å². The fourth-order valence-corrected chi connectivity index (χ4v) is 4.53. The Labute approximate surface area is 193 Å². The van der Waals surface area contributed by atoms with Crippen molar-refractivity contribution in [2.75, 3.05) is 0 Å². The predicted octanol–water partition coefficient (Wildman–Crippen LogP) is 4.55. The zero-order chi connectivity index (χ0) is 24.0. The summed E-state index contributed by atoms with van der Waals surface area (Å²) in [6.45, 7) is 1.48. The maximum atomic E-state index is 13.4. The van der Waals surface area contributed by atoms with E-state index in [1.54, 1.807) is 19.1 Å². The molecule has 8 heteroatoms. The molecule has 1 aliphatic heterocycles. The third kappa shape index (κ3) is 3.63. The second-order valence-electron chi connectivity index (χ2n) is 8.33. The third-order valence-electron chi connectivity index (χ3n) is 6.24. The number of carbonyl (C=O) groups excluding carboxylic acids is 3. The smallest absolute Gasteiger partial charge is 0.347 e. The van der Waals surface area contributed by atoms with Gasteiger partial charge in [0.15, 0.2) is 17.7 Å². The van der Waals surface area contributed by atoms with Gasteiger partial charge in [-0.15, -0.1) is 0 Å². The number of non-ortho nitro benzene ring substituents is 1. The molecular weight excluding hydrogens is 438 g/mol. The Morgan fingerprint density at radius 3 is 2.35 bits per heavy atom. The van der Waals surface area contributed by atoms with E-state index in [1.165, 1.54) is 24.3 Å². The zero-order valence-electron chi connectivity index (χ0n) is 18.1. The number of ether oxygens (including phenoxy) is 2. The lowest BCUT2D eigenvalue weighted by Crippen LogP contribution is -2.40. The average molecular weight is 457 g/mol. The van der Waals surface area contributed by atoms with Crippen molar-refractivity contribution < 1.29 is 28.8 Å². The first kappa shape index (κ1) is 21.5. The summed E-state index contributed by atoms with van der Waals surface area (Å²) in [7, 11) is 0. The van der Waals surface area contributed by atoms with Crippen molar-refractivity contribution in [2.24, 2.45) is 5.92 Å². The van der Waals surface area contributed by atoms with Gasteiger partial charge in [0.1, 0.15) is 12.4 Å². The van der Waals surface area contributed by atoms with E-state index in [0.29, 0.717) is 16.7 Å². The molecule has 2 atom stereocenters. The number of allylic oxidation sites excluding steroid dienone is 2. The van der Waals surface area contributed by atoms with Crippen molar-refractivity contribution in [3.63, 3.8) is 0 Å². The number of nitro benzene ring substituents is 1. The van der Waals surface area contributed by atoms with Gasteiger partial charge in [0.25, 0.3) is 5.69 Å². The zero-order valence-corrected chi connectivity index (χ0v) is 18.1. The molecular formula is C26H19NO7. The fraction of sp³-hybridized carbons (Fsp3) is 0.192. The molecule has 1 aliphatic carbocycles. The Bertz CT molecular complexity index is 1400. The van der Waals surface area contributed by atoms with Crippen LogP contribution >= 0.6 is 0 Å². The van der Waals surface area contributed by atoms with E-state index >= 15 is 0 Å². The van der Waals surface area contributed by atoms with Gasteiger partial charge in [-0.05, 0) is 47.5 Å². The lowest BCUT2D eigenvalue weighted by Gasteiger charge is -2.34. The number of Topliss-reactive ketones (excluding diaryl/α,β-unsaturated/α-hetero) is 2. The lowest BCUT2D eigenvalue weighted by molar-refractivity contribution is -0.384. The molecule has 0 saturated heterocycles. The first-order valence-corrected chi connectivity index (χ1v) is 10.7. The number of fused-ring (bicyclic) bond motifs is 3. The number of nitro groups is 1. The van der Waals surface area contributed by atoms with Crippen LogP contribution in [0.4, 0.5) is 5.69 Å².